The summed E-state index contributed by atoms with van der Waals surface area (Å²) >= 11 is 1.68. The zero-order valence-corrected chi connectivity index (χ0v) is 16.5. The van der Waals surface area contributed by atoms with Gasteiger partial charge in [-0.2, -0.15) is 0 Å². The molecule has 0 spiro atoms. The molecule has 0 saturated carbocycles. The summed E-state index contributed by atoms with van der Waals surface area (Å²) in [6.07, 6.45) is 1.99. The molecule has 4 rings (SSSR count). The Hall–Kier alpha value is -2.21. The zero-order chi connectivity index (χ0) is 19.0. The number of hydrogen-bond acceptors (Lipinski definition) is 4. The SMILES string of the molecule is Cc1ccc(SCc2ccc(C(=O)N3CC4CCCN4C(=O)C3C)o2)cc1. The van der Waals surface area contributed by atoms with E-state index in [1.165, 1.54) is 10.5 Å². The highest BCUT2D eigenvalue weighted by molar-refractivity contribution is 7.98. The maximum absolute atomic E-state index is 12.9. The van der Waals surface area contributed by atoms with Gasteiger partial charge in [-0.25, -0.2) is 0 Å². The number of aryl methyl sites for hydroxylation is 1. The van der Waals surface area contributed by atoms with Gasteiger partial charge < -0.3 is 14.2 Å². The molecule has 2 unspecified atom stereocenters. The molecule has 0 N–H and O–H groups in total. The minimum atomic E-state index is -0.428. The summed E-state index contributed by atoms with van der Waals surface area (Å²) in [4.78, 5) is 30.2. The standard InChI is InChI=1S/C21H24N2O3S/c1-14-5-8-18(9-6-14)27-13-17-7-10-19(26-17)21(25)23-12-16-4-3-11-22(16)20(24)15(23)2/h5-10,15-16H,3-4,11-13H2,1-2H3. The Morgan fingerprint density at radius 2 is 2.00 bits per heavy atom. The highest BCUT2D eigenvalue weighted by Gasteiger charge is 2.42. The summed E-state index contributed by atoms with van der Waals surface area (Å²) in [7, 11) is 0. The number of thioether (sulfide) groups is 1. The van der Waals surface area contributed by atoms with Gasteiger partial charge in [-0.3, -0.25) is 9.59 Å². The number of rotatable bonds is 4. The number of fused-ring (bicyclic) bond motifs is 1. The van der Waals surface area contributed by atoms with Gasteiger partial charge in [-0.1, -0.05) is 17.7 Å². The van der Waals surface area contributed by atoms with Gasteiger partial charge in [0.15, 0.2) is 5.76 Å². The van der Waals surface area contributed by atoms with Crippen molar-refractivity contribution < 1.29 is 14.0 Å². The van der Waals surface area contributed by atoms with Crippen LogP contribution in [0.2, 0.25) is 0 Å². The molecular formula is C21H24N2O3S. The Labute approximate surface area is 163 Å². The number of carbonyl (C=O) groups excluding carboxylic acids is 2. The fourth-order valence-electron chi connectivity index (χ4n) is 3.83. The van der Waals surface area contributed by atoms with Crippen molar-refractivity contribution in [2.45, 2.75) is 49.4 Å². The molecule has 5 nitrogen and oxygen atoms in total. The zero-order valence-electron chi connectivity index (χ0n) is 15.7. The molecule has 6 heteroatoms. The number of nitrogens with zero attached hydrogens (tertiary/aromatic N) is 2. The van der Waals surface area contributed by atoms with Gasteiger partial charge in [0.05, 0.1) is 5.75 Å². The van der Waals surface area contributed by atoms with Crippen molar-refractivity contribution >= 4 is 23.6 Å². The average Bonchev–Trinajstić information content (AvgIpc) is 3.33. The van der Waals surface area contributed by atoms with Crippen molar-refractivity contribution in [3.05, 3.63) is 53.5 Å². The third kappa shape index (κ3) is 3.63. The molecule has 27 heavy (non-hydrogen) atoms. The van der Waals surface area contributed by atoms with Crippen LogP contribution in [0.25, 0.3) is 0 Å². The molecule has 0 aliphatic carbocycles. The van der Waals surface area contributed by atoms with Gasteiger partial charge in [-0.15, -0.1) is 11.8 Å². The molecule has 2 atom stereocenters. The van der Waals surface area contributed by atoms with Gasteiger partial charge in [0, 0.05) is 24.0 Å². The maximum atomic E-state index is 12.9. The van der Waals surface area contributed by atoms with Gasteiger partial charge in [0.2, 0.25) is 5.91 Å². The van der Waals surface area contributed by atoms with Crippen LogP contribution in [0.15, 0.2) is 45.7 Å². The lowest BCUT2D eigenvalue weighted by Gasteiger charge is -2.41. The molecule has 2 aliphatic heterocycles. The second-order valence-electron chi connectivity index (χ2n) is 7.33. The summed E-state index contributed by atoms with van der Waals surface area (Å²) < 4.78 is 5.80. The lowest BCUT2D eigenvalue weighted by molar-refractivity contribution is -0.141. The van der Waals surface area contributed by atoms with Crippen molar-refractivity contribution in [1.82, 2.24) is 9.80 Å². The number of carbonyl (C=O) groups is 2. The van der Waals surface area contributed by atoms with Crippen LogP contribution in [0.5, 0.6) is 0 Å². The predicted molar refractivity (Wildman–Crippen MR) is 105 cm³/mol. The number of amides is 2. The van der Waals surface area contributed by atoms with Crippen molar-refractivity contribution in [3.63, 3.8) is 0 Å². The maximum Gasteiger partial charge on any atom is 0.290 e. The first kappa shape index (κ1) is 18.2. The van der Waals surface area contributed by atoms with Gasteiger partial charge in [0.25, 0.3) is 5.91 Å². The topological polar surface area (TPSA) is 53.8 Å². The first-order chi connectivity index (χ1) is 13.0. The van der Waals surface area contributed by atoms with E-state index in [-0.39, 0.29) is 17.9 Å². The van der Waals surface area contributed by atoms with E-state index in [9.17, 15) is 9.59 Å². The Morgan fingerprint density at radius 3 is 2.78 bits per heavy atom. The monoisotopic (exact) mass is 384 g/mol. The Balaban J connectivity index is 1.42. The molecule has 2 aromatic rings. The Bertz CT molecular complexity index is 845. The number of piperazine rings is 1. The van der Waals surface area contributed by atoms with E-state index in [0.29, 0.717) is 18.1 Å². The van der Waals surface area contributed by atoms with E-state index in [2.05, 4.69) is 31.2 Å². The highest BCUT2D eigenvalue weighted by Crippen LogP contribution is 2.28. The molecule has 3 heterocycles. The fraction of sp³-hybridized carbons (Fsp3) is 0.429. The number of furan rings is 1. The molecule has 2 fully saturated rings. The molecular weight excluding hydrogens is 360 g/mol. The van der Waals surface area contributed by atoms with Crippen molar-refractivity contribution in [2.75, 3.05) is 13.1 Å². The van der Waals surface area contributed by atoms with Gasteiger partial charge in [-0.05, 0) is 51.0 Å². The molecule has 1 aromatic heterocycles. The summed E-state index contributed by atoms with van der Waals surface area (Å²) in [5, 5.41) is 0. The Morgan fingerprint density at radius 1 is 1.22 bits per heavy atom. The first-order valence-electron chi connectivity index (χ1n) is 9.42. The third-order valence-corrected chi connectivity index (χ3v) is 6.46. The lowest BCUT2D eigenvalue weighted by Crippen LogP contribution is -2.60. The number of benzene rings is 1. The highest BCUT2D eigenvalue weighted by atomic mass is 32.2. The van der Waals surface area contributed by atoms with Crippen LogP contribution in [-0.4, -0.2) is 46.8 Å². The van der Waals surface area contributed by atoms with Crippen LogP contribution in [0.4, 0.5) is 0 Å². The summed E-state index contributed by atoms with van der Waals surface area (Å²) in [5.74, 6) is 1.62. The van der Waals surface area contributed by atoms with E-state index in [1.54, 1.807) is 22.7 Å². The average molecular weight is 385 g/mol. The van der Waals surface area contributed by atoms with E-state index in [0.717, 1.165) is 25.1 Å². The second kappa shape index (κ2) is 7.43. The van der Waals surface area contributed by atoms with Crippen LogP contribution >= 0.6 is 11.8 Å². The van der Waals surface area contributed by atoms with Crippen molar-refractivity contribution in [2.24, 2.45) is 0 Å². The lowest BCUT2D eigenvalue weighted by atomic mass is 10.1. The summed E-state index contributed by atoms with van der Waals surface area (Å²) in [5.41, 5.74) is 1.23. The smallest absolute Gasteiger partial charge is 0.290 e. The van der Waals surface area contributed by atoms with Gasteiger partial charge in [0.1, 0.15) is 11.8 Å². The van der Waals surface area contributed by atoms with Crippen LogP contribution in [-0.2, 0) is 10.5 Å². The molecule has 0 bridgehead atoms. The van der Waals surface area contributed by atoms with Crippen LogP contribution in [0.1, 0.15) is 41.6 Å². The van der Waals surface area contributed by atoms with E-state index >= 15 is 0 Å². The molecule has 2 saturated heterocycles. The molecule has 2 aliphatic rings. The van der Waals surface area contributed by atoms with E-state index in [1.807, 2.05) is 17.9 Å². The summed E-state index contributed by atoms with van der Waals surface area (Å²) in [6, 6.07) is 11.7. The van der Waals surface area contributed by atoms with Crippen molar-refractivity contribution in [3.8, 4) is 0 Å². The van der Waals surface area contributed by atoms with Crippen LogP contribution in [0.3, 0.4) is 0 Å². The Kier molecular flexibility index (Phi) is 5.00. The quantitative estimate of drug-likeness (QED) is 0.754. The molecule has 2 amide bonds. The fourth-order valence-corrected chi connectivity index (χ4v) is 4.63. The molecule has 1 aromatic carbocycles. The van der Waals surface area contributed by atoms with E-state index in [4.69, 9.17) is 4.42 Å². The second-order valence-corrected chi connectivity index (χ2v) is 8.38. The van der Waals surface area contributed by atoms with Crippen LogP contribution < -0.4 is 0 Å². The minimum Gasteiger partial charge on any atom is -0.455 e. The largest absolute Gasteiger partial charge is 0.455 e. The predicted octanol–water partition coefficient (Wildman–Crippen LogP) is 3.72. The van der Waals surface area contributed by atoms with E-state index < -0.39 is 6.04 Å². The third-order valence-electron chi connectivity index (χ3n) is 5.43. The normalized spacial score (nSPS) is 22.2. The first-order valence-corrected chi connectivity index (χ1v) is 10.4. The molecule has 142 valence electrons. The number of hydrogen-bond donors (Lipinski definition) is 0. The molecule has 0 radical (unpaired) electrons. The van der Waals surface area contributed by atoms with Gasteiger partial charge >= 0.3 is 0 Å². The summed E-state index contributed by atoms with van der Waals surface area (Å²) in [6.45, 7) is 5.29. The van der Waals surface area contributed by atoms with Crippen molar-refractivity contribution in [1.29, 1.82) is 0 Å². The van der Waals surface area contributed by atoms with Crippen LogP contribution in [0, 0.1) is 6.92 Å². The minimum absolute atomic E-state index is 0.0545.